The number of nitrogens with zero attached hydrogens (tertiary/aromatic N) is 3. The first-order chi connectivity index (χ1) is 11.5. The lowest BCUT2D eigenvalue weighted by molar-refractivity contribution is 0.0731. The van der Waals surface area contributed by atoms with Crippen LogP contribution in [0.25, 0.3) is 0 Å². The molecule has 0 saturated heterocycles. The first kappa shape index (κ1) is 14.8. The smallest absolute Gasteiger partial charge is 0.346 e. The van der Waals surface area contributed by atoms with Gasteiger partial charge in [0.25, 0.3) is 5.91 Å². The second kappa shape index (κ2) is 5.40. The molecule has 0 radical (unpaired) electrons. The van der Waals surface area contributed by atoms with Gasteiger partial charge < -0.3 is 9.64 Å². The van der Waals surface area contributed by atoms with Crippen molar-refractivity contribution >= 4 is 11.9 Å². The first-order valence-electron chi connectivity index (χ1n) is 7.97. The number of hydrogen-bond acceptors (Lipinski definition) is 5. The van der Waals surface area contributed by atoms with Gasteiger partial charge in [-0.1, -0.05) is 0 Å². The van der Waals surface area contributed by atoms with Gasteiger partial charge in [-0.15, -0.1) is 0 Å². The molecule has 1 aliphatic heterocycles. The largest absolute Gasteiger partial charge is 0.423 e. The fourth-order valence-electron chi connectivity index (χ4n) is 2.98. The van der Waals surface area contributed by atoms with Crippen LogP contribution in [0, 0.1) is 6.92 Å². The van der Waals surface area contributed by atoms with Crippen LogP contribution in [0.2, 0.25) is 0 Å². The highest BCUT2D eigenvalue weighted by Crippen LogP contribution is 2.40. The number of amides is 1. The minimum atomic E-state index is -0.450. The summed E-state index contributed by atoms with van der Waals surface area (Å²) in [5.41, 5.74) is 2.74. The summed E-state index contributed by atoms with van der Waals surface area (Å²) in [7, 11) is 1.75. The van der Waals surface area contributed by atoms with Gasteiger partial charge >= 0.3 is 5.97 Å². The quantitative estimate of drug-likeness (QED) is 0.641. The van der Waals surface area contributed by atoms with Crippen molar-refractivity contribution in [3.8, 4) is 5.75 Å². The van der Waals surface area contributed by atoms with Gasteiger partial charge in [-0.25, -0.2) is 14.8 Å². The fraction of sp³-hybridized carbons (Fsp3) is 0.333. The number of hydrogen-bond donors (Lipinski definition) is 0. The van der Waals surface area contributed by atoms with Crippen LogP contribution < -0.4 is 4.74 Å². The molecule has 1 aromatic heterocycles. The number of aromatic nitrogens is 2. The molecule has 0 bridgehead atoms. The number of ether oxygens (including phenoxy) is 1. The summed E-state index contributed by atoms with van der Waals surface area (Å²) in [6, 6.07) is 5.11. The summed E-state index contributed by atoms with van der Waals surface area (Å²) in [5, 5.41) is 0. The molecule has 1 amide bonds. The van der Waals surface area contributed by atoms with Crippen LogP contribution in [0.4, 0.5) is 0 Å². The zero-order valence-corrected chi connectivity index (χ0v) is 13.6. The highest BCUT2D eigenvalue weighted by Gasteiger charge is 2.31. The monoisotopic (exact) mass is 323 g/mol. The Balaban J connectivity index is 1.60. The van der Waals surface area contributed by atoms with Crippen LogP contribution in [-0.4, -0.2) is 33.8 Å². The van der Waals surface area contributed by atoms with Gasteiger partial charge in [-0.2, -0.15) is 0 Å². The predicted octanol–water partition coefficient (Wildman–Crippen LogP) is 2.47. The highest BCUT2D eigenvalue weighted by atomic mass is 16.5. The van der Waals surface area contributed by atoms with Gasteiger partial charge in [0.2, 0.25) is 0 Å². The van der Waals surface area contributed by atoms with E-state index >= 15 is 0 Å². The van der Waals surface area contributed by atoms with Crippen molar-refractivity contribution in [3.63, 3.8) is 0 Å². The van der Waals surface area contributed by atoms with E-state index in [1.165, 1.54) is 0 Å². The van der Waals surface area contributed by atoms with Crippen LogP contribution in [0.3, 0.4) is 0 Å². The Morgan fingerprint density at radius 2 is 2.12 bits per heavy atom. The van der Waals surface area contributed by atoms with Gasteiger partial charge in [-0.3, -0.25) is 4.79 Å². The summed E-state index contributed by atoms with van der Waals surface area (Å²) >= 11 is 0. The molecule has 1 aliphatic carbocycles. The zero-order valence-electron chi connectivity index (χ0n) is 13.6. The average Bonchev–Trinajstić information content (AvgIpc) is 3.35. The Morgan fingerprint density at radius 1 is 1.33 bits per heavy atom. The van der Waals surface area contributed by atoms with Crippen molar-refractivity contribution < 1.29 is 14.3 Å². The first-order valence-corrected chi connectivity index (χ1v) is 7.97. The van der Waals surface area contributed by atoms with E-state index in [2.05, 4.69) is 9.97 Å². The lowest BCUT2D eigenvalue weighted by Gasteiger charge is -2.09. The Bertz CT molecular complexity index is 859. The van der Waals surface area contributed by atoms with E-state index < -0.39 is 5.97 Å². The molecular weight excluding hydrogens is 306 g/mol. The molecule has 0 spiro atoms. The van der Waals surface area contributed by atoms with Crippen LogP contribution in [-0.2, 0) is 6.54 Å². The van der Waals surface area contributed by atoms with E-state index in [4.69, 9.17) is 4.74 Å². The fourth-order valence-corrected chi connectivity index (χ4v) is 2.98. The van der Waals surface area contributed by atoms with Crippen LogP contribution in [0.5, 0.6) is 5.75 Å². The summed E-state index contributed by atoms with van der Waals surface area (Å²) in [6.45, 7) is 2.34. The molecule has 0 atom stereocenters. The molecule has 0 unspecified atom stereocenters. The van der Waals surface area contributed by atoms with E-state index in [0.717, 1.165) is 24.1 Å². The van der Waals surface area contributed by atoms with E-state index in [1.807, 2.05) is 6.92 Å². The van der Waals surface area contributed by atoms with Crippen LogP contribution in [0.1, 0.15) is 56.6 Å². The number of benzene rings is 1. The van der Waals surface area contributed by atoms with Crippen molar-refractivity contribution in [2.75, 3.05) is 7.05 Å². The number of aryl methyl sites for hydroxylation is 1. The third-order valence-corrected chi connectivity index (χ3v) is 4.39. The molecule has 6 heteroatoms. The molecule has 6 nitrogen and oxygen atoms in total. The standard InChI is InChI=1S/C18H17N3O3/c1-10-19-8-15(16(20-10)11-3-4-11)18(23)24-13-5-6-14-12(7-13)9-21(2)17(14)22/h5-8,11H,3-4,9H2,1-2H3. The molecule has 1 aromatic carbocycles. The zero-order chi connectivity index (χ0) is 16.8. The second-order valence-electron chi connectivity index (χ2n) is 6.36. The van der Waals surface area contributed by atoms with Crippen molar-refractivity contribution in [3.05, 3.63) is 52.6 Å². The van der Waals surface area contributed by atoms with Gasteiger partial charge in [0.1, 0.15) is 17.1 Å². The lowest BCUT2D eigenvalue weighted by atomic mass is 10.1. The van der Waals surface area contributed by atoms with Crippen LogP contribution >= 0.6 is 0 Å². The van der Waals surface area contributed by atoms with Crippen molar-refractivity contribution in [1.29, 1.82) is 0 Å². The maximum absolute atomic E-state index is 12.5. The second-order valence-corrected chi connectivity index (χ2v) is 6.36. The molecule has 122 valence electrons. The third-order valence-electron chi connectivity index (χ3n) is 4.39. The molecule has 2 aliphatic rings. The Kier molecular flexibility index (Phi) is 3.33. The number of fused-ring (bicyclic) bond motifs is 1. The van der Waals surface area contributed by atoms with Crippen molar-refractivity contribution in [2.24, 2.45) is 0 Å². The summed E-state index contributed by atoms with van der Waals surface area (Å²) in [6.07, 6.45) is 3.64. The van der Waals surface area contributed by atoms with Crippen molar-refractivity contribution in [2.45, 2.75) is 32.2 Å². The van der Waals surface area contributed by atoms with Gasteiger partial charge in [0.05, 0.1) is 5.69 Å². The minimum absolute atomic E-state index is 0.00849. The number of esters is 1. The predicted molar refractivity (Wildman–Crippen MR) is 85.9 cm³/mol. The van der Waals surface area contributed by atoms with Crippen molar-refractivity contribution in [1.82, 2.24) is 14.9 Å². The number of carbonyl (C=O) groups excluding carboxylic acids is 2. The third kappa shape index (κ3) is 2.54. The lowest BCUT2D eigenvalue weighted by Crippen LogP contribution is -2.17. The normalized spacial score (nSPS) is 16.2. The topological polar surface area (TPSA) is 72.4 Å². The average molecular weight is 323 g/mol. The van der Waals surface area contributed by atoms with Gasteiger partial charge in [0.15, 0.2) is 0 Å². The van der Waals surface area contributed by atoms with E-state index in [-0.39, 0.29) is 5.91 Å². The molecule has 1 saturated carbocycles. The number of carbonyl (C=O) groups is 2. The summed E-state index contributed by atoms with van der Waals surface area (Å²) in [4.78, 5) is 34.6. The van der Waals surface area contributed by atoms with Crippen LogP contribution in [0.15, 0.2) is 24.4 Å². The van der Waals surface area contributed by atoms with E-state index in [9.17, 15) is 9.59 Å². The molecule has 1 fully saturated rings. The van der Waals surface area contributed by atoms with E-state index in [0.29, 0.717) is 35.2 Å². The van der Waals surface area contributed by atoms with E-state index in [1.54, 1.807) is 36.3 Å². The molecule has 24 heavy (non-hydrogen) atoms. The Morgan fingerprint density at radius 3 is 2.88 bits per heavy atom. The summed E-state index contributed by atoms with van der Waals surface area (Å²) in [5.74, 6) is 0.970. The number of rotatable bonds is 3. The molecule has 2 aromatic rings. The maximum atomic E-state index is 12.5. The maximum Gasteiger partial charge on any atom is 0.346 e. The molecule has 2 heterocycles. The van der Waals surface area contributed by atoms with Gasteiger partial charge in [0, 0.05) is 31.3 Å². The Hall–Kier alpha value is -2.76. The SMILES string of the molecule is Cc1ncc(C(=O)Oc2ccc3c(c2)CN(C)C3=O)c(C2CC2)n1. The van der Waals surface area contributed by atoms with Gasteiger partial charge in [-0.05, 0) is 43.5 Å². The molecule has 4 rings (SSSR count). The molecular formula is C18H17N3O3. The Labute approximate surface area is 139 Å². The summed E-state index contributed by atoms with van der Waals surface area (Å²) < 4.78 is 5.51. The highest BCUT2D eigenvalue weighted by molar-refractivity contribution is 5.98. The minimum Gasteiger partial charge on any atom is -0.423 e. The molecule has 0 N–H and O–H groups in total.